The van der Waals surface area contributed by atoms with Crippen molar-refractivity contribution in [3.05, 3.63) is 24.0 Å². The number of nitrogens with zero attached hydrogens (tertiary/aromatic N) is 3. The number of rotatable bonds is 2. The van der Waals surface area contributed by atoms with Gasteiger partial charge in [0.05, 0.1) is 30.8 Å². The Morgan fingerprint density at radius 2 is 1.67 bits per heavy atom. The number of pyridine rings is 1. The number of aromatic nitrogens is 1. The van der Waals surface area contributed by atoms with Gasteiger partial charge in [-0.3, -0.25) is 4.98 Å². The molecule has 1 aromatic rings. The predicted octanol–water partition coefficient (Wildman–Crippen LogP) is 1.34. The normalized spacial score (nSPS) is 26.8. The Morgan fingerprint density at radius 1 is 1.00 bits per heavy atom. The van der Waals surface area contributed by atoms with Crippen LogP contribution in [-0.4, -0.2) is 67.2 Å². The van der Waals surface area contributed by atoms with Gasteiger partial charge in [0.15, 0.2) is 5.79 Å². The Hall–Kier alpha value is -1.21. The van der Waals surface area contributed by atoms with E-state index in [0.29, 0.717) is 26.1 Å². The summed E-state index contributed by atoms with van der Waals surface area (Å²) in [6.07, 6.45) is 4.63. The maximum absolute atomic E-state index is 11.0. The summed E-state index contributed by atoms with van der Waals surface area (Å²) in [7, 11) is 2.15. The molecule has 0 bridgehead atoms. The maximum Gasteiger partial charge on any atom is 0.168 e. The molecule has 0 unspecified atom stereocenters. The number of aliphatic hydroxyl groups is 1. The Morgan fingerprint density at radius 3 is 2.25 bits per heavy atom. The number of hydrogen-bond acceptors (Lipinski definition) is 6. The quantitative estimate of drug-likeness (QED) is 0.881. The third kappa shape index (κ3) is 3.04. The van der Waals surface area contributed by atoms with Gasteiger partial charge in [-0.1, -0.05) is 0 Å². The first-order valence-electron chi connectivity index (χ1n) is 8.99. The highest BCUT2D eigenvalue weighted by Gasteiger charge is 2.46. The third-order valence-corrected chi connectivity index (χ3v) is 5.75. The van der Waals surface area contributed by atoms with Crippen LogP contribution in [0.5, 0.6) is 0 Å². The smallest absolute Gasteiger partial charge is 0.168 e. The molecule has 3 heterocycles. The standard InChI is InChI=1S/C18H27N3O3/c1-20-8-10-21(11-9-20)15-2-3-16(19-14-15)17(22)4-6-18(7-5-17)23-12-13-24-18/h2-3,14,22H,4-13H2,1H3. The minimum atomic E-state index is -0.860. The second-order valence-corrected chi connectivity index (χ2v) is 7.33. The van der Waals surface area contributed by atoms with Crippen molar-refractivity contribution in [3.8, 4) is 0 Å². The Bertz CT molecular complexity index is 553. The molecule has 0 amide bonds. The van der Waals surface area contributed by atoms with Crippen LogP contribution in [0.1, 0.15) is 31.4 Å². The predicted molar refractivity (Wildman–Crippen MR) is 90.9 cm³/mol. The fourth-order valence-corrected chi connectivity index (χ4v) is 4.00. The van der Waals surface area contributed by atoms with Gasteiger partial charge in [0.25, 0.3) is 0 Å². The Labute approximate surface area is 143 Å². The van der Waals surface area contributed by atoms with Crippen LogP contribution in [0.4, 0.5) is 5.69 Å². The van der Waals surface area contributed by atoms with E-state index in [1.54, 1.807) is 0 Å². The molecule has 1 N–H and O–H groups in total. The van der Waals surface area contributed by atoms with Crippen LogP contribution in [0.15, 0.2) is 18.3 Å². The summed E-state index contributed by atoms with van der Waals surface area (Å²) < 4.78 is 11.5. The number of likely N-dealkylation sites (N-methyl/N-ethyl adjacent to an activating group) is 1. The van der Waals surface area contributed by atoms with Gasteiger partial charge in [0.1, 0.15) is 5.60 Å². The fourth-order valence-electron chi connectivity index (χ4n) is 4.00. The van der Waals surface area contributed by atoms with Gasteiger partial charge in [-0.2, -0.15) is 0 Å². The van der Waals surface area contributed by atoms with E-state index in [1.807, 2.05) is 12.3 Å². The van der Waals surface area contributed by atoms with Crippen LogP contribution in [0.25, 0.3) is 0 Å². The summed E-state index contributed by atoms with van der Waals surface area (Å²) in [4.78, 5) is 9.29. The molecule has 0 atom stereocenters. The van der Waals surface area contributed by atoms with E-state index in [4.69, 9.17) is 9.47 Å². The molecule has 6 nitrogen and oxygen atoms in total. The monoisotopic (exact) mass is 333 g/mol. The largest absolute Gasteiger partial charge is 0.384 e. The molecule has 1 saturated carbocycles. The van der Waals surface area contributed by atoms with Crippen LogP contribution in [0.2, 0.25) is 0 Å². The van der Waals surface area contributed by atoms with E-state index < -0.39 is 11.4 Å². The highest BCUT2D eigenvalue weighted by molar-refractivity contribution is 5.45. The van der Waals surface area contributed by atoms with Crippen molar-refractivity contribution in [2.75, 3.05) is 51.3 Å². The number of ether oxygens (including phenoxy) is 2. The summed E-state index contributed by atoms with van der Waals surface area (Å²) in [6.45, 7) is 5.53. The van der Waals surface area contributed by atoms with E-state index in [2.05, 4.69) is 27.9 Å². The van der Waals surface area contributed by atoms with Crippen molar-refractivity contribution in [1.82, 2.24) is 9.88 Å². The fraction of sp³-hybridized carbons (Fsp3) is 0.722. The molecular weight excluding hydrogens is 306 g/mol. The lowest BCUT2D eigenvalue weighted by Crippen LogP contribution is -2.44. The minimum Gasteiger partial charge on any atom is -0.384 e. The molecule has 0 aromatic carbocycles. The SMILES string of the molecule is CN1CCN(c2ccc(C3(O)CCC4(CC3)OCCO4)nc2)CC1. The average molecular weight is 333 g/mol. The zero-order valence-electron chi connectivity index (χ0n) is 14.4. The molecule has 24 heavy (non-hydrogen) atoms. The van der Waals surface area contributed by atoms with Crippen LogP contribution < -0.4 is 4.90 Å². The van der Waals surface area contributed by atoms with E-state index in [-0.39, 0.29) is 0 Å². The van der Waals surface area contributed by atoms with Crippen molar-refractivity contribution in [2.24, 2.45) is 0 Å². The van der Waals surface area contributed by atoms with E-state index in [0.717, 1.165) is 50.4 Å². The molecule has 1 aliphatic carbocycles. The number of piperazine rings is 1. The third-order valence-electron chi connectivity index (χ3n) is 5.75. The second kappa shape index (κ2) is 6.26. The first-order chi connectivity index (χ1) is 11.6. The zero-order chi connectivity index (χ0) is 16.6. The van der Waals surface area contributed by atoms with Crippen molar-refractivity contribution in [3.63, 3.8) is 0 Å². The van der Waals surface area contributed by atoms with Gasteiger partial charge in [0, 0.05) is 39.0 Å². The molecule has 4 rings (SSSR count). The van der Waals surface area contributed by atoms with Crippen LogP contribution in [-0.2, 0) is 15.1 Å². The van der Waals surface area contributed by atoms with Gasteiger partial charge >= 0.3 is 0 Å². The topological polar surface area (TPSA) is 58.1 Å². The maximum atomic E-state index is 11.0. The van der Waals surface area contributed by atoms with Crippen LogP contribution in [0, 0.1) is 0 Å². The average Bonchev–Trinajstić information content (AvgIpc) is 3.08. The van der Waals surface area contributed by atoms with E-state index >= 15 is 0 Å². The molecule has 3 aliphatic rings. The highest BCUT2D eigenvalue weighted by atomic mass is 16.7. The van der Waals surface area contributed by atoms with Crippen molar-refractivity contribution < 1.29 is 14.6 Å². The van der Waals surface area contributed by atoms with Gasteiger partial charge in [-0.25, -0.2) is 0 Å². The molecule has 2 aliphatic heterocycles. The molecule has 0 radical (unpaired) electrons. The summed E-state index contributed by atoms with van der Waals surface area (Å²) in [5.41, 5.74) is 1.06. The first kappa shape index (κ1) is 16.3. The first-order valence-corrected chi connectivity index (χ1v) is 8.99. The van der Waals surface area contributed by atoms with Gasteiger partial charge < -0.3 is 24.4 Å². The lowest BCUT2D eigenvalue weighted by Gasteiger charge is -2.40. The Balaban J connectivity index is 1.43. The minimum absolute atomic E-state index is 0.452. The lowest BCUT2D eigenvalue weighted by atomic mass is 9.79. The highest BCUT2D eigenvalue weighted by Crippen LogP contribution is 2.44. The number of anilines is 1. The molecular formula is C18H27N3O3. The lowest BCUT2D eigenvalue weighted by molar-refractivity contribution is -0.204. The van der Waals surface area contributed by atoms with E-state index in [9.17, 15) is 5.11 Å². The Kier molecular flexibility index (Phi) is 4.24. The molecule has 6 heteroatoms. The van der Waals surface area contributed by atoms with Gasteiger partial charge in [-0.15, -0.1) is 0 Å². The van der Waals surface area contributed by atoms with Crippen molar-refractivity contribution in [1.29, 1.82) is 0 Å². The van der Waals surface area contributed by atoms with Crippen LogP contribution >= 0.6 is 0 Å². The molecule has 132 valence electrons. The molecule has 3 fully saturated rings. The van der Waals surface area contributed by atoms with Gasteiger partial charge in [-0.05, 0) is 32.0 Å². The van der Waals surface area contributed by atoms with Gasteiger partial charge in [0.2, 0.25) is 0 Å². The molecule has 1 spiro atoms. The van der Waals surface area contributed by atoms with Crippen LogP contribution in [0.3, 0.4) is 0 Å². The zero-order valence-corrected chi connectivity index (χ0v) is 14.4. The molecule has 1 aromatic heterocycles. The summed E-state index contributed by atoms with van der Waals surface area (Å²) in [5.74, 6) is -0.452. The van der Waals surface area contributed by atoms with Crippen molar-refractivity contribution >= 4 is 5.69 Å². The second-order valence-electron chi connectivity index (χ2n) is 7.33. The van der Waals surface area contributed by atoms with E-state index in [1.165, 1.54) is 0 Å². The molecule has 2 saturated heterocycles. The van der Waals surface area contributed by atoms with Crippen molar-refractivity contribution in [2.45, 2.75) is 37.1 Å². The summed E-state index contributed by atoms with van der Waals surface area (Å²) in [5, 5.41) is 11.0. The summed E-state index contributed by atoms with van der Waals surface area (Å²) in [6, 6.07) is 4.08. The summed E-state index contributed by atoms with van der Waals surface area (Å²) >= 11 is 0. The number of hydrogen-bond donors (Lipinski definition) is 1.